The molecule has 8 heteroatoms. The molecule has 3 N–H and O–H groups in total. The summed E-state index contributed by atoms with van der Waals surface area (Å²) in [4.78, 5) is 12.7. The van der Waals surface area contributed by atoms with Gasteiger partial charge in [-0.2, -0.15) is 4.98 Å². The molecule has 4 rings (SSSR count). The molecule has 4 aromatic heterocycles. The van der Waals surface area contributed by atoms with Gasteiger partial charge in [-0.3, -0.25) is 4.98 Å². The summed E-state index contributed by atoms with van der Waals surface area (Å²) in [5.41, 5.74) is 9.47. The normalized spacial score (nSPS) is 11.1. The van der Waals surface area contributed by atoms with Crippen LogP contribution in [0, 0.1) is 6.92 Å². The van der Waals surface area contributed by atoms with Gasteiger partial charge in [0.25, 0.3) is 0 Å². The van der Waals surface area contributed by atoms with Crippen molar-refractivity contribution in [3.05, 3.63) is 59.9 Å². The first-order valence-electron chi connectivity index (χ1n) is 7.86. The molecule has 0 unspecified atom stereocenters. The first-order valence-corrected chi connectivity index (χ1v) is 7.86. The summed E-state index contributed by atoms with van der Waals surface area (Å²) in [5, 5.41) is 7.27. The number of aryl methyl sites for hydroxylation is 1. The number of fused-ring (bicyclic) bond motifs is 1. The van der Waals surface area contributed by atoms with Crippen LogP contribution in [-0.4, -0.2) is 24.7 Å². The smallest absolute Gasteiger partial charge is 0.222 e. The van der Waals surface area contributed by atoms with Crippen LogP contribution in [-0.2, 0) is 13.1 Å². The Kier molecular flexibility index (Phi) is 3.77. The Hall–Kier alpha value is -3.42. The number of hydrogen-bond donors (Lipinski definition) is 2. The van der Waals surface area contributed by atoms with Gasteiger partial charge in [0.2, 0.25) is 5.95 Å². The minimum Gasteiger partial charge on any atom is -0.368 e. The maximum atomic E-state index is 5.85. The van der Waals surface area contributed by atoms with Gasteiger partial charge in [0.1, 0.15) is 17.0 Å². The molecule has 8 nitrogen and oxygen atoms in total. The SMILES string of the molecule is Cc1cc(CNc2nc(N)nc3ccn(Cc4ccncc4)c23)no1. The lowest BCUT2D eigenvalue weighted by Gasteiger charge is -2.10. The van der Waals surface area contributed by atoms with Crippen molar-refractivity contribution < 1.29 is 4.52 Å². The summed E-state index contributed by atoms with van der Waals surface area (Å²) in [6.45, 7) is 3.04. The minimum atomic E-state index is 0.230. The van der Waals surface area contributed by atoms with Crippen molar-refractivity contribution in [2.45, 2.75) is 20.0 Å². The third-order valence-electron chi connectivity index (χ3n) is 3.84. The number of anilines is 2. The van der Waals surface area contributed by atoms with Crippen LogP contribution >= 0.6 is 0 Å². The second-order valence-corrected chi connectivity index (χ2v) is 5.75. The molecule has 126 valence electrons. The summed E-state index contributed by atoms with van der Waals surface area (Å²) in [5.74, 6) is 1.67. The van der Waals surface area contributed by atoms with Crippen LogP contribution in [0.2, 0.25) is 0 Å². The number of nitrogens with zero attached hydrogens (tertiary/aromatic N) is 5. The second kappa shape index (κ2) is 6.23. The van der Waals surface area contributed by atoms with Crippen molar-refractivity contribution in [2.24, 2.45) is 0 Å². The van der Waals surface area contributed by atoms with Crippen molar-refractivity contribution in [1.29, 1.82) is 0 Å². The topological polar surface area (TPSA) is 108 Å². The van der Waals surface area contributed by atoms with E-state index in [4.69, 9.17) is 10.3 Å². The summed E-state index contributed by atoms with van der Waals surface area (Å²) in [7, 11) is 0. The first kappa shape index (κ1) is 15.1. The van der Waals surface area contributed by atoms with Crippen molar-refractivity contribution in [3.63, 3.8) is 0 Å². The fourth-order valence-corrected chi connectivity index (χ4v) is 2.74. The Balaban J connectivity index is 1.68. The molecule has 0 aliphatic rings. The molecule has 0 aromatic carbocycles. The molecule has 0 saturated carbocycles. The minimum absolute atomic E-state index is 0.230. The van der Waals surface area contributed by atoms with Gasteiger partial charge in [0, 0.05) is 31.2 Å². The van der Waals surface area contributed by atoms with Gasteiger partial charge in [-0.05, 0) is 30.7 Å². The van der Waals surface area contributed by atoms with E-state index in [1.807, 2.05) is 37.4 Å². The van der Waals surface area contributed by atoms with Crippen molar-refractivity contribution in [3.8, 4) is 0 Å². The molecule has 0 fully saturated rings. The number of nitrogens with one attached hydrogen (secondary N) is 1. The molecule has 0 spiro atoms. The molecule has 0 bridgehead atoms. The van der Waals surface area contributed by atoms with E-state index in [-0.39, 0.29) is 5.95 Å². The maximum absolute atomic E-state index is 5.85. The predicted molar refractivity (Wildman–Crippen MR) is 93.8 cm³/mol. The van der Waals surface area contributed by atoms with E-state index >= 15 is 0 Å². The highest BCUT2D eigenvalue weighted by atomic mass is 16.5. The number of nitrogens with two attached hydrogens (primary N) is 1. The van der Waals surface area contributed by atoms with Gasteiger partial charge in [0.05, 0.1) is 12.1 Å². The molecular weight excluding hydrogens is 318 g/mol. The van der Waals surface area contributed by atoms with Gasteiger partial charge in [-0.1, -0.05) is 5.16 Å². The highest BCUT2D eigenvalue weighted by molar-refractivity contribution is 5.87. The third-order valence-corrected chi connectivity index (χ3v) is 3.84. The number of hydrogen-bond acceptors (Lipinski definition) is 7. The largest absolute Gasteiger partial charge is 0.368 e. The summed E-state index contributed by atoms with van der Waals surface area (Å²) >= 11 is 0. The Morgan fingerprint density at radius 2 is 2.04 bits per heavy atom. The zero-order valence-electron chi connectivity index (χ0n) is 13.7. The van der Waals surface area contributed by atoms with E-state index in [0.717, 1.165) is 28.1 Å². The Labute approximate surface area is 143 Å². The molecule has 0 aliphatic heterocycles. The molecule has 0 amide bonds. The van der Waals surface area contributed by atoms with Crippen LogP contribution in [0.3, 0.4) is 0 Å². The highest BCUT2D eigenvalue weighted by Crippen LogP contribution is 2.24. The number of nitrogen functional groups attached to an aromatic ring is 1. The van der Waals surface area contributed by atoms with E-state index in [2.05, 4.69) is 30.0 Å². The van der Waals surface area contributed by atoms with Crippen LogP contribution in [0.25, 0.3) is 11.0 Å². The Morgan fingerprint density at radius 3 is 2.80 bits per heavy atom. The van der Waals surface area contributed by atoms with Crippen LogP contribution in [0.15, 0.2) is 47.4 Å². The third kappa shape index (κ3) is 3.14. The summed E-state index contributed by atoms with van der Waals surface area (Å²) < 4.78 is 7.18. The van der Waals surface area contributed by atoms with Crippen LogP contribution in [0.1, 0.15) is 17.0 Å². The molecule has 4 aromatic rings. The van der Waals surface area contributed by atoms with Gasteiger partial charge >= 0.3 is 0 Å². The van der Waals surface area contributed by atoms with Crippen molar-refractivity contribution >= 4 is 22.8 Å². The van der Waals surface area contributed by atoms with E-state index < -0.39 is 0 Å². The zero-order valence-corrected chi connectivity index (χ0v) is 13.7. The zero-order chi connectivity index (χ0) is 17.2. The van der Waals surface area contributed by atoms with Gasteiger partial charge < -0.3 is 20.1 Å². The highest BCUT2D eigenvalue weighted by Gasteiger charge is 2.12. The molecule has 0 atom stereocenters. The number of pyridine rings is 1. The maximum Gasteiger partial charge on any atom is 0.222 e. The van der Waals surface area contributed by atoms with Crippen LogP contribution < -0.4 is 11.1 Å². The standard InChI is InChI=1S/C17H17N7O/c1-11-8-13(23-25-11)9-20-16-15-14(21-17(18)22-16)4-7-24(15)10-12-2-5-19-6-3-12/h2-8H,9-10H2,1H3,(H3,18,20,21,22). The molecular formula is C17H17N7O. The average molecular weight is 335 g/mol. The second-order valence-electron chi connectivity index (χ2n) is 5.75. The van der Waals surface area contributed by atoms with Gasteiger partial charge in [-0.15, -0.1) is 0 Å². The quantitative estimate of drug-likeness (QED) is 0.576. The molecule has 0 radical (unpaired) electrons. The fourth-order valence-electron chi connectivity index (χ4n) is 2.74. The van der Waals surface area contributed by atoms with E-state index in [1.54, 1.807) is 12.4 Å². The van der Waals surface area contributed by atoms with E-state index in [1.165, 1.54) is 0 Å². The van der Waals surface area contributed by atoms with Crippen LogP contribution in [0.5, 0.6) is 0 Å². The summed E-state index contributed by atoms with van der Waals surface area (Å²) in [6, 6.07) is 7.77. The number of rotatable bonds is 5. The number of aromatic nitrogens is 5. The van der Waals surface area contributed by atoms with Gasteiger partial charge in [0.15, 0.2) is 5.82 Å². The first-order chi connectivity index (χ1) is 12.2. The molecule has 25 heavy (non-hydrogen) atoms. The fraction of sp³-hybridized carbons (Fsp3) is 0.176. The summed E-state index contributed by atoms with van der Waals surface area (Å²) in [6.07, 6.45) is 5.54. The lowest BCUT2D eigenvalue weighted by Crippen LogP contribution is -2.08. The Bertz CT molecular complexity index is 1010. The average Bonchev–Trinajstić information content (AvgIpc) is 3.20. The van der Waals surface area contributed by atoms with Crippen molar-refractivity contribution in [1.82, 2.24) is 24.7 Å². The van der Waals surface area contributed by atoms with E-state index in [9.17, 15) is 0 Å². The Morgan fingerprint density at radius 1 is 1.20 bits per heavy atom. The molecule has 4 heterocycles. The van der Waals surface area contributed by atoms with Crippen molar-refractivity contribution in [2.75, 3.05) is 11.1 Å². The predicted octanol–water partition coefficient (Wildman–Crippen LogP) is 2.37. The van der Waals surface area contributed by atoms with Gasteiger partial charge in [-0.25, -0.2) is 4.98 Å². The molecule has 0 saturated heterocycles. The molecule has 0 aliphatic carbocycles. The lowest BCUT2D eigenvalue weighted by atomic mass is 10.2. The lowest BCUT2D eigenvalue weighted by molar-refractivity contribution is 0.391. The van der Waals surface area contributed by atoms with E-state index in [0.29, 0.717) is 18.9 Å². The van der Waals surface area contributed by atoms with Crippen LogP contribution in [0.4, 0.5) is 11.8 Å². The monoisotopic (exact) mass is 335 g/mol.